The van der Waals surface area contributed by atoms with Crippen molar-refractivity contribution in [2.24, 2.45) is 0 Å². The Morgan fingerprint density at radius 2 is 1.13 bits per heavy atom. The van der Waals surface area contributed by atoms with Crippen molar-refractivity contribution < 1.29 is 0 Å². The van der Waals surface area contributed by atoms with Crippen LogP contribution in [0.3, 0.4) is 0 Å². The molecule has 0 spiro atoms. The van der Waals surface area contributed by atoms with Crippen LogP contribution in [0, 0.1) is 0 Å². The van der Waals surface area contributed by atoms with Gasteiger partial charge in [0.25, 0.3) is 0 Å². The van der Waals surface area contributed by atoms with Crippen LogP contribution in [0.4, 0.5) is 0 Å². The molecular formula is C14H32Si. The minimum atomic E-state index is -0.758. The van der Waals surface area contributed by atoms with Crippen molar-refractivity contribution in [1.82, 2.24) is 0 Å². The van der Waals surface area contributed by atoms with Crippen LogP contribution in [-0.2, 0) is 0 Å². The largest absolute Gasteiger partial charge is 0.0694 e. The van der Waals surface area contributed by atoms with Crippen molar-refractivity contribution >= 4 is 8.07 Å². The van der Waals surface area contributed by atoms with Gasteiger partial charge in [0.15, 0.2) is 0 Å². The molecule has 0 aliphatic carbocycles. The molecule has 1 heteroatoms. The molecule has 0 atom stereocenters. The molecule has 92 valence electrons. The zero-order chi connectivity index (χ0) is 11.6. The van der Waals surface area contributed by atoms with Crippen LogP contribution in [-0.4, -0.2) is 8.07 Å². The SMILES string of the molecule is CCCCCCCCCC[Si](C)(C)CC. The van der Waals surface area contributed by atoms with Crippen molar-refractivity contribution in [1.29, 1.82) is 0 Å². The Morgan fingerprint density at radius 1 is 0.667 bits per heavy atom. The summed E-state index contributed by atoms with van der Waals surface area (Å²) in [7, 11) is -0.758. The Morgan fingerprint density at radius 3 is 1.60 bits per heavy atom. The molecule has 15 heavy (non-hydrogen) atoms. The smallest absolute Gasteiger partial charge is 0.0471 e. The summed E-state index contributed by atoms with van der Waals surface area (Å²) in [6.45, 7) is 9.73. The first kappa shape index (κ1) is 15.2. The molecule has 0 amide bonds. The van der Waals surface area contributed by atoms with Crippen LogP contribution >= 0.6 is 0 Å². The lowest BCUT2D eigenvalue weighted by atomic mass is 10.1. The minimum absolute atomic E-state index is 0.758. The van der Waals surface area contributed by atoms with Crippen LogP contribution in [0.1, 0.15) is 65.2 Å². The second-order valence-corrected chi connectivity index (χ2v) is 11.3. The molecule has 0 aromatic rings. The second-order valence-electron chi connectivity index (χ2n) is 5.74. The maximum absolute atomic E-state index is 2.54. The van der Waals surface area contributed by atoms with Gasteiger partial charge in [-0.3, -0.25) is 0 Å². The van der Waals surface area contributed by atoms with Crippen molar-refractivity contribution in [2.75, 3.05) is 0 Å². The third kappa shape index (κ3) is 10.5. The van der Waals surface area contributed by atoms with Gasteiger partial charge in [-0.2, -0.15) is 0 Å². The zero-order valence-corrected chi connectivity index (χ0v) is 12.6. The van der Waals surface area contributed by atoms with Crippen LogP contribution in [0.15, 0.2) is 0 Å². The molecule has 0 unspecified atom stereocenters. The van der Waals surface area contributed by atoms with E-state index >= 15 is 0 Å². The summed E-state index contributed by atoms with van der Waals surface area (Å²) in [4.78, 5) is 0. The van der Waals surface area contributed by atoms with Gasteiger partial charge in [-0.1, -0.05) is 90.4 Å². The van der Waals surface area contributed by atoms with E-state index in [4.69, 9.17) is 0 Å². The van der Waals surface area contributed by atoms with Crippen molar-refractivity contribution in [3.63, 3.8) is 0 Å². The quantitative estimate of drug-likeness (QED) is 0.325. The molecule has 0 aliphatic heterocycles. The summed E-state index contributed by atoms with van der Waals surface area (Å²) < 4.78 is 0. The van der Waals surface area contributed by atoms with E-state index in [1.165, 1.54) is 57.4 Å². The summed E-state index contributed by atoms with van der Waals surface area (Å²) >= 11 is 0. The monoisotopic (exact) mass is 228 g/mol. The van der Waals surface area contributed by atoms with Gasteiger partial charge in [0, 0.05) is 8.07 Å². The van der Waals surface area contributed by atoms with Gasteiger partial charge in [-0.15, -0.1) is 0 Å². The highest BCUT2D eigenvalue weighted by Crippen LogP contribution is 2.19. The maximum Gasteiger partial charge on any atom is 0.0471 e. The first-order valence-electron chi connectivity index (χ1n) is 7.12. The first-order chi connectivity index (χ1) is 7.12. The van der Waals surface area contributed by atoms with Crippen molar-refractivity contribution in [2.45, 2.75) is 90.4 Å². The van der Waals surface area contributed by atoms with Crippen molar-refractivity contribution in [3.05, 3.63) is 0 Å². The summed E-state index contributed by atoms with van der Waals surface area (Å²) in [5, 5.41) is 0. The average molecular weight is 228 g/mol. The maximum atomic E-state index is 2.54. The third-order valence-electron chi connectivity index (χ3n) is 3.66. The molecule has 0 heterocycles. The van der Waals surface area contributed by atoms with Gasteiger partial charge in [-0.05, 0) is 0 Å². The van der Waals surface area contributed by atoms with E-state index in [0.29, 0.717) is 0 Å². The van der Waals surface area contributed by atoms with Crippen LogP contribution in [0.25, 0.3) is 0 Å². The van der Waals surface area contributed by atoms with Crippen molar-refractivity contribution in [3.8, 4) is 0 Å². The number of rotatable bonds is 10. The van der Waals surface area contributed by atoms with E-state index < -0.39 is 8.07 Å². The molecule has 0 aliphatic rings. The van der Waals surface area contributed by atoms with E-state index in [1.807, 2.05) is 0 Å². The Kier molecular flexibility index (Phi) is 9.58. The zero-order valence-electron chi connectivity index (χ0n) is 11.6. The van der Waals surface area contributed by atoms with E-state index in [-0.39, 0.29) is 0 Å². The van der Waals surface area contributed by atoms with Gasteiger partial charge in [0.05, 0.1) is 0 Å². The Bertz CT molecular complexity index is 129. The molecule has 0 nitrogen and oxygen atoms in total. The standard InChI is InChI=1S/C14H32Si/c1-5-7-8-9-10-11-12-13-14-15(3,4)6-2/h5-14H2,1-4H3. The summed E-state index contributed by atoms with van der Waals surface area (Å²) in [5.74, 6) is 0. The number of hydrogen-bond acceptors (Lipinski definition) is 0. The average Bonchev–Trinajstić information content (AvgIpc) is 2.22. The fraction of sp³-hybridized carbons (Fsp3) is 1.00. The minimum Gasteiger partial charge on any atom is -0.0694 e. The molecule has 0 N–H and O–H groups in total. The van der Waals surface area contributed by atoms with Gasteiger partial charge in [-0.25, -0.2) is 0 Å². The fourth-order valence-electron chi connectivity index (χ4n) is 1.91. The summed E-state index contributed by atoms with van der Waals surface area (Å²) in [6, 6.07) is 3.02. The van der Waals surface area contributed by atoms with Crippen LogP contribution in [0.5, 0.6) is 0 Å². The topological polar surface area (TPSA) is 0 Å². The number of unbranched alkanes of at least 4 members (excludes halogenated alkanes) is 7. The molecular weight excluding hydrogens is 196 g/mol. The predicted octanol–water partition coefficient (Wildman–Crippen LogP) is 5.86. The highest BCUT2D eigenvalue weighted by molar-refractivity contribution is 6.77. The predicted molar refractivity (Wildman–Crippen MR) is 75.4 cm³/mol. The molecule has 0 bridgehead atoms. The van der Waals surface area contributed by atoms with E-state index in [2.05, 4.69) is 26.9 Å². The highest BCUT2D eigenvalue weighted by atomic mass is 28.3. The summed E-state index contributed by atoms with van der Waals surface area (Å²) in [6.07, 6.45) is 11.7. The normalized spacial score (nSPS) is 12.0. The number of hydrogen-bond donors (Lipinski definition) is 0. The summed E-state index contributed by atoms with van der Waals surface area (Å²) in [5.41, 5.74) is 0. The lowest BCUT2D eigenvalue weighted by molar-refractivity contribution is 0.584. The van der Waals surface area contributed by atoms with Gasteiger partial charge in [0.2, 0.25) is 0 Å². The third-order valence-corrected chi connectivity index (χ3v) is 7.29. The van der Waals surface area contributed by atoms with E-state index in [0.717, 1.165) is 0 Å². The Balaban J connectivity index is 3.11. The second kappa shape index (κ2) is 9.44. The fourth-order valence-corrected chi connectivity index (χ4v) is 3.47. The van der Waals surface area contributed by atoms with Gasteiger partial charge < -0.3 is 0 Å². The van der Waals surface area contributed by atoms with Crippen LogP contribution in [0.2, 0.25) is 25.2 Å². The molecule has 0 radical (unpaired) electrons. The van der Waals surface area contributed by atoms with Gasteiger partial charge >= 0.3 is 0 Å². The molecule has 0 rings (SSSR count). The van der Waals surface area contributed by atoms with Crippen LogP contribution < -0.4 is 0 Å². The molecule has 0 aromatic heterocycles. The Hall–Kier alpha value is 0.217. The van der Waals surface area contributed by atoms with Gasteiger partial charge in [0.1, 0.15) is 0 Å². The molecule has 0 saturated heterocycles. The molecule has 0 aromatic carbocycles. The lowest BCUT2D eigenvalue weighted by Gasteiger charge is -2.19. The first-order valence-corrected chi connectivity index (χ1v) is 10.5. The molecule has 0 fully saturated rings. The Labute approximate surface area is 98.9 Å². The highest BCUT2D eigenvalue weighted by Gasteiger charge is 2.16. The lowest BCUT2D eigenvalue weighted by Crippen LogP contribution is -2.22. The van der Waals surface area contributed by atoms with E-state index in [1.54, 1.807) is 6.04 Å². The molecule has 0 saturated carbocycles. The van der Waals surface area contributed by atoms with E-state index in [9.17, 15) is 0 Å².